The number of nitriles is 1. The summed E-state index contributed by atoms with van der Waals surface area (Å²) in [7, 11) is 3.39. The zero-order chi connectivity index (χ0) is 19.8. The minimum absolute atomic E-state index is 0.0896. The van der Waals surface area contributed by atoms with E-state index in [0.717, 1.165) is 5.56 Å². The average molecular weight is 376 g/mol. The predicted molar refractivity (Wildman–Crippen MR) is 95.9 cm³/mol. The molecule has 0 aliphatic heterocycles. The fourth-order valence-corrected chi connectivity index (χ4v) is 2.46. The minimum atomic E-state index is -2.86. The summed E-state index contributed by atoms with van der Waals surface area (Å²) < 4.78 is 42.6. The fraction of sp³-hybridized carbons (Fsp3) is 0.263. The summed E-state index contributed by atoms with van der Waals surface area (Å²) >= 11 is 0. The number of guanidine groups is 1. The Hall–Kier alpha value is -3.21. The van der Waals surface area contributed by atoms with E-state index < -0.39 is 12.4 Å². The zero-order valence-corrected chi connectivity index (χ0v) is 14.9. The minimum Gasteiger partial charge on any atom is -0.435 e. The van der Waals surface area contributed by atoms with Crippen molar-refractivity contribution in [1.82, 2.24) is 10.2 Å². The quantitative estimate of drug-likeness (QED) is 0.619. The standard InChI is InChI=1S/C19H19F3N4O/c1-24-19(25-11-15-9-14(10-23)5-8-17(15)20)26(2)12-13-3-6-16(7-4-13)27-18(21)22/h3-9,18H,11-12H2,1-2H3,(H,24,25). The third-order valence-corrected chi connectivity index (χ3v) is 3.75. The van der Waals surface area contributed by atoms with E-state index in [0.29, 0.717) is 23.6 Å². The zero-order valence-electron chi connectivity index (χ0n) is 14.9. The summed E-state index contributed by atoms with van der Waals surface area (Å²) in [6.45, 7) is -2.24. The maximum atomic E-state index is 13.9. The topological polar surface area (TPSA) is 60.7 Å². The number of halogens is 3. The van der Waals surface area contributed by atoms with Crippen LogP contribution < -0.4 is 10.1 Å². The second-order valence-corrected chi connectivity index (χ2v) is 5.70. The highest BCUT2D eigenvalue weighted by Gasteiger charge is 2.10. The number of rotatable bonds is 6. The summed E-state index contributed by atoms with van der Waals surface area (Å²) in [5.41, 5.74) is 1.60. The van der Waals surface area contributed by atoms with Crippen molar-refractivity contribution in [3.8, 4) is 11.8 Å². The van der Waals surface area contributed by atoms with Gasteiger partial charge in [-0.3, -0.25) is 4.99 Å². The fourth-order valence-electron chi connectivity index (χ4n) is 2.46. The van der Waals surface area contributed by atoms with Gasteiger partial charge in [0.25, 0.3) is 0 Å². The Bertz CT molecular complexity index is 832. The van der Waals surface area contributed by atoms with E-state index in [1.807, 2.05) is 6.07 Å². The molecular formula is C19H19F3N4O. The van der Waals surface area contributed by atoms with Crippen LogP contribution in [-0.2, 0) is 13.1 Å². The lowest BCUT2D eigenvalue weighted by molar-refractivity contribution is -0.0498. The molecule has 2 aromatic carbocycles. The molecule has 5 nitrogen and oxygen atoms in total. The van der Waals surface area contributed by atoms with Crippen LogP contribution in [0.2, 0.25) is 0 Å². The third kappa shape index (κ3) is 5.92. The van der Waals surface area contributed by atoms with Gasteiger partial charge in [0.15, 0.2) is 5.96 Å². The molecule has 0 aromatic heterocycles. The first-order valence-electron chi connectivity index (χ1n) is 8.07. The van der Waals surface area contributed by atoms with E-state index in [1.54, 1.807) is 31.1 Å². The van der Waals surface area contributed by atoms with Gasteiger partial charge in [-0.2, -0.15) is 14.0 Å². The number of benzene rings is 2. The molecule has 0 aliphatic carbocycles. The molecule has 27 heavy (non-hydrogen) atoms. The molecule has 0 amide bonds. The van der Waals surface area contributed by atoms with Crippen LogP contribution in [0.1, 0.15) is 16.7 Å². The molecule has 1 N–H and O–H groups in total. The van der Waals surface area contributed by atoms with Crippen LogP contribution in [0.4, 0.5) is 13.2 Å². The van der Waals surface area contributed by atoms with E-state index in [1.165, 1.54) is 30.3 Å². The number of nitrogens with one attached hydrogen (secondary N) is 1. The first kappa shape index (κ1) is 20.1. The summed E-state index contributed by atoms with van der Waals surface area (Å²) in [5.74, 6) is 0.200. The lowest BCUT2D eigenvalue weighted by Crippen LogP contribution is -2.38. The Labute approximate surface area is 155 Å². The Kier molecular flexibility index (Phi) is 7.06. The summed E-state index contributed by atoms with van der Waals surface area (Å²) in [6.07, 6.45) is 0. The van der Waals surface area contributed by atoms with Crippen LogP contribution in [-0.4, -0.2) is 31.6 Å². The van der Waals surface area contributed by atoms with Crippen molar-refractivity contribution in [2.75, 3.05) is 14.1 Å². The molecule has 0 unspecified atom stereocenters. The molecule has 2 rings (SSSR count). The van der Waals surface area contributed by atoms with Gasteiger partial charge in [-0.1, -0.05) is 12.1 Å². The second kappa shape index (κ2) is 9.48. The van der Waals surface area contributed by atoms with Gasteiger partial charge in [0.05, 0.1) is 11.6 Å². The van der Waals surface area contributed by atoms with Gasteiger partial charge in [0.1, 0.15) is 11.6 Å². The Morgan fingerprint density at radius 3 is 2.56 bits per heavy atom. The highest BCUT2D eigenvalue weighted by atomic mass is 19.3. The van der Waals surface area contributed by atoms with Gasteiger partial charge in [0.2, 0.25) is 0 Å². The molecule has 0 heterocycles. The number of alkyl halides is 2. The van der Waals surface area contributed by atoms with Crippen LogP contribution in [0.25, 0.3) is 0 Å². The average Bonchev–Trinajstić information content (AvgIpc) is 2.64. The second-order valence-electron chi connectivity index (χ2n) is 5.70. The van der Waals surface area contributed by atoms with Crippen LogP contribution in [0, 0.1) is 17.1 Å². The summed E-state index contributed by atoms with van der Waals surface area (Å²) in [5, 5.41) is 12.0. The number of ether oxygens (including phenoxy) is 1. The summed E-state index contributed by atoms with van der Waals surface area (Å²) in [4.78, 5) is 5.95. The molecule has 0 atom stereocenters. The Morgan fingerprint density at radius 1 is 1.26 bits per heavy atom. The maximum absolute atomic E-state index is 13.9. The monoisotopic (exact) mass is 376 g/mol. The van der Waals surface area contributed by atoms with Gasteiger partial charge >= 0.3 is 6.61 Å². The SMILES string of the molecule is CN=C(NCc1cc(C#N)ccc1F)N(C)Cc1ccc(OC(F)F)cc1. The van der Waals surface area contributed by atoms with E-state index in [-0.39, 0.29) is 12.3 Å². The predicted octanol–water partition coefficient (Wildman–Crippen LogP) is 3.51. The van der Waals surface area contributed by atoms with Crippen LogP contribution >= 0.6 is 0 Å². The van der Waals surface area contributed by atoms with E-state index in [9.17, 15) is 13.2 Å². The molecular weight excluding hydrogens is 357 g/mol. The molecule has 0 radical (unpaired) electrons. The van der Waals surface area contributed by atoms with Crippen molar-refractivity contribution in [3.63, 3.8) is 0 Å². The first-order valence-corrected chi connectivity index (χ1v) is 8.07. The number of aliphatic imine (C=N–C) groups is 1. The van der Waals surface area contributed by atoms with Crippen LogP contribution in [0.3, 0.4) is 0 Å². The van der Waals surface area contributed by atoms with E-state index in [2.05, 4.69) is 15.0 Å². The highest BCUT2D eigenvalue weighted by Crippen LogP contribution is 2.16. The van der Waals surface area contributed by atoms with Gasteiger partial charge < -0.3 is 15.0 Å². The van der Waals surface area contributed by atoms with Crippen molar-refractivity contribution < 1.29 is 17.9 Å². The number of nitrogens with zero attached hydrogens (tertiary/aromatic N) is 3. The van der Waals surface area contributed by atoms with Gasteiger partial charge in [0, 0.05) is 32.7 Å². The number of hydrogen-bond acceptors (Lipinski definition) is 3. The lowest BCUT2D eigenvalue weighted by atomic mass is 10.1. The highest BCUT2D eigenvalue weighted by molar-refractivity contribution is 5.79. The van der Waals surface area contributed by atoms with Crippen molar-refractivity contribution in [2.45, 2.75) is 19.7 Å². The first-order chi connectivity index (χ1) is 12.9. The molecule has 0 saturated heterocycles. The largest absolute Gasteiger partial charge is 0.435 e. The normalized spacial score (nSPS) is 11.2. The van der Waals surface area contributed by atoms with Gasteiger partial charge in [-0.05, 0) is 35.9 Å². The molecule has 0 spiro atoms. The van der Waals surface area contributed by atoms with Gasteiger partial charge in [-0.15, -0.1) is 0 Å². The van der Waals surface area contributed by atoms with Crippen molar-refractivity contribution in [2.24, 2.45) is 4.99 Å². The van der Waals surface area contributed by atoms with E-state index >= 15 is 0 Å². The molecule has 0 fully saturated rings. The molecule has 142 valence electrons. The van der Waals surface area contributed by atoms with Crippen LogP contribution in [0.15, 0.2) is 47.5 Å². The lowest BCUT2D eigenvalue weighted by Gasteiger charge is -2.22. The van der Waals surface area contributed by atoms with Crippen molar-refractivity contribution >= 4 is 5.96 Å². The summed E-state index contributed by atoms with van der Waals surface area (Å²) in [6, 6.07) is 12.4. The number of hydrogen-bond donors (Lipinski definition) is 1. The van der Waals surface area contributed by atoms with Crippen molar-refractivity contribution in [1.29, 1.82) is 5.26 Å². The van der Waals surface area contributed by atoms with Crippen LogP contribution in [0.5, 0.6) is 5.75 Å². The van der Waals surface area contributed by atoms with Crippen molar-refractivity contribution in [3.05, 3.63) is 65.0 Å². The molecule has 8 heteroatoms. The Balaban J connectivity index is 1.98. The third-order valence-electron chi connectivity index (χ3n) is 3.75. The smallest absolute Gasteiger partial charge is 0.387 e. The molecule has 0 saturated carbocycles. The molecule has 2 aromatic rings. The van der Waals surface area contributed by atoms with Gasteiger partial charge in [-0.25, -0.2) is 4.39 Å². The Morgan fingerprint density at radius 2 is 1.96 bits per heavy atom. The molecule has 0 bridgehead atoms. The molecule has 0 aliphatic rings. The maximum Gasteiger partial charge on any atom is 0.387 e. The van der Waals surface area contributed by atoms with E-state index in [4.69, 9.17) is 5.26 Å².